The molecule has 1 aromatic heterocycles. The van der Waals surface area contributed by atoms with Crippen LogP contribution in [0.3, 0.4) is 0 Å². The summed E-state index contributed by atoms with van der Waals surface area (Å²) in [6, 6.07) is 1.24. The number of carbonyl (C=O) groups excluding carboxylic acids is 1. The third-order valence-electron chi connectivity index (χ3n) is 2.42. The number of rotatable bonds is 6. The van der Waals surface area contributed by atoms with Gasteiger partial charge in [-0.3, -0.25) is 4.79 Å². The number of nitro groups is 1. The summed E-state index contributed by atoms with van der Waals surface area (Å²) < 4.78 is 1.22. The molecule has 0 aliphatic carbocycles. The summed E-state index contributed by atoms with van der Waals surface area (Å²) in [5.74, 6) is -0.541. The number of hydrogen-bond acceptors (Lipinski definition) is 5. The fourth-order valence-electron chi connectivity index (χ4n) is 1.62. The van der Waals surface area contributed by atoms with Gasteiger partial charge in [0.25, 0.3) is 0 Å². The lowest BCUT2D eigenvalue weighted by Gasteiger charge is -2.27. The van der Waals surface area contributed by atoms with Crippen LogP contribution in [0.4, 0.5) is 5.82 Å². The molecule has 1 heterocycles. The number of carbonyl (C=O) groups is 1. The van der Waals surface area contributed by atoms with Gasteiger partial charge in [0, 0.05) is 13.1 Å². The van der Waals surface area contributed by atoms with Gasteiger partial charge in [-0.15, -0.1) is 0 Å². The largest absolute Gasteiger partial charge is 0.389 e. The minimum absolute atomic E-state index is 0.0856. The van der Waals surface area contributed by atoms with Crippen molar-refractivity contribution in [2.45, 2.75) is 32.9 Å². The molecule has 0 spiro atoms. The van der Waals surface area contributed by atoms with E-state index in [2.05, 4.69) is 5.10 Å². The fraction of sp³-hybridized carbons (Fsp3) is 0.636. The quantitative estimate of drug-likeness (QED) is 0.596. The van der Waals surface area contributed by atoms with E-state index in [0.717, 1.165) is 0 Å². The zero-order valence-electron chi connectivity index (χ0n) is 11.2. The molecule has 8 heteroatoms. The highest BCUT2D eigenvalue weighted by Crippen LogP contribution is 2.08. The van der Waals surface area contributed by atoms with Gasteiger partial charge in [-0.1, -0.05) is 0 Å². The summed E-state index contributed by atoms with van der Waals surface area (Å²) in [5.41, 5.74) is -0.984. The van der Waals surface area contributed by atoms with Crippen molar-refractivity contribution in [2.24, 2.45) is 0 Å². The van der Waals surface area contributed by atoms with Gasteiger partial charge in [0.15, 0.2) is 0 Å². The van der Waals surface area contributed by atoms with E-state index in [-0.39, 0.29) is 24.8 Å². The summed E-state index contributed by atoms with van der Waals surface area (Å²) in [6.45, 7) is 5.59. The van der Waals surface area contributed by atoms with Crippen molar-refractivity contribution in [1.82, 2.24) is 14.7 Å². The van der Waals surface area contributed by atoms with E-state index in [1.54, 1.807) is 20.8 Å². The Morgan fingerprint density at radius 1 is 1.63 bits per heavy atom. The minimum atomic E-state index is -0.984. The predicted octanol–water partition coefficient (Wildman–Crippen LogP) is 0.411. The molecule has 0 fully saturated rings. The molecule has 0 aliphatic heterocycles. The predicted molar refractivity (Wildman–Crippen MR) is 67.4 cm³/mol. The second-order valence-electron chi connectivity index (χ2n) is 4.85. The molecule has 1 N–H and O–H groups in total. The summed E-state index contributed by atoms with van der Waals surface area (Å²) in [6.07, 6.45) is 1.38. The van der Waals surface area contributed by atoms with Crippen LogP contribution in [0.2, 0.25) is 0 Å². The number of amides is 1. The van der Waals surface area contributed by atoms with Gasteiger partial charge in [0.2, 0.25) is 5.91 Å². The fourth-order valence-corrected chi connectivity index (χ4v) is 1.62. The molecule has 1 amide bonds. The molecule has 0 aromatic carbocycles. The number of aromatic nitrogens is 2. The second kappa shape index (κ2) is 5.79. The lowest BCUT2D eigenvalue weighted by Crippen LogP contribution is -2.43. The highest BCUT2D eigenvalue weighted by atomic mass is 16.6. The third kappa shape index (κ3) is 4.66. The van der Waals surface area contributed by atoms with E-state index in [1.165, 1.54) is 21.8 Å². The summed E-state index contributed by atoms with van der Waals surface area (Å²) in [5, 5.41) is 23.9. The van der Waals surface area contributed by atoms with E-state index in [1.807, 2.05) is 0 Å². The smallest absolute Gasteiger partial charge is 0.389 e. The molecule has 0 saturated heterocycles. The average molecular weight is 270 g/mol. The average Bonchev–Trinajstić information content (AvgIpc) is 2.73. The number of hydrogen-bond donors (Lipinski definition) is 1. The van der Waals surface area contributed by atoms with E-state index in [4.69, 9.17) is 0 Å². The molecule has 19 heavy (non-hydrogen) atoms. The zero-order valence-corrected chi connectivity index (χ0v) is 11.2. The first kappa shape index (κ1) is 15.1. The number of likely N-dealkylation sites (N-methyl/N-ethyl adjacent to an activating group) is 1. The van der Waals surface area contributed by atoms with E-state index in [0.29, 0.717) is 6.54 Å². The van der Waals surface area contributed by atoms with Crippen molar-refractivity contribution >= 4 is 11.7 Å². The monoisotopic (exact) mass is 270 g/mol. The summed E-state index contributed by atoms with van der Waals surface area (Å²) in [7, 11) is 0. The first-order chi connectivity index (χ1) is 8.73. The maximum absolute atomic E-state index is 12.0. The van der Waals surface area contributed by atoms with Crippen molar-refractivity contribution in [1.29, 1.82) is 0 Å². The van der Waals surface area contributed by atoms with Crippen molar-refractivity contribution < 1.29 is 14.8 Å². The van der Waals surface area contributed by atoms with E-state index < -0.39 is 10.5 Å². The zero-order chi connectivity index (χ0) is 14.6. The number of nitrogens with zero attached hydrogens (tertiary/aromatic N) is 4. The standard InChI is InChI=1S/C11H18N4O4/c1-4-13(8-11(2,3)17)10(16)7-14-6-5-9(12-14)15(18)19/h5-6,17H,4,7-8H2,1-3H3. The molecule has 0 unspecified atom stereocenters. The minimum Gasteiger partial charge on any atom is -0.389 e. The lowest BCUT2D eigenvalue weighted by molar-refractivity contribution is -0.389. The van der Waals surface area contributed by atoms with Crippen LogP contribution < -0.4 is 0 Å². The van der Waals surface area contributed by atoms with Crippen molar-refractivity contribution in [3.05, 3.63) is 22.4 Å². The highest BCUT2D eigenvalue weighted by molar-refractivity contribution is 5.76. The van der Waals surface area contributed by atoms with Crippen LogP contribution >= 0.6 is 0 Å². The SMILES string of the molecule is CCN(CC(C)(C)O)C(=O)Cn1ccc([N+](=O)[O-])n1. The van der Waals surface area contributed by atoms with Gasteiger partial charge in [-0.25, -0.2) is 0 Å². The lowest BCUT2D eigenvalue weighted by atomic mass is 10.1. The molecule has 1 aromatic rings. The molecule has 0 radical (unpaired) electrons. The maximum atomic E-state index is 12.0. The van der Waals surface area contributed by atoms with Crippen LogP contribution in [0.1, 0.15) is 20.8 Å². The van der Waals surface area contributed by atoms with Crippen LogP contribution in [-0.4, -0.2) is 49.3 Å². The van der Waals surface area contributed by atoms with Gasteiger partial charge in [0.05, 0.1) is 23.0 Å². The molecular weight excluding hydrogens is 252 g/mol. The first-order valence-electron chi connectivity index (χ1n) is 5.91. The Hall–Kier alpha value is -1.96. The summed E-state index contributed by atoms with van der Waals surface area (Å²) >= 11 is 0. The number of aliphatic hydroxyl groups is 1. The molecular formula is C11H18N4O4. The normalized spacial score (nSPS) is 11.4. The molecule has 1 rings (SSSR count). The van der Waals surface area contributed by atoms with Crippen molar-refractivity contribution in [2.75, 3.05) is 13.1 Å². The maximum Gasteiger partial charge on any atom is 0.389 e. The molecule has 0 aliphatic rings. The van der Waals surface area contributed by atoms with Crippen LogP contribution in [0.15, 0.2) is 12.3 Å². The van der Waals surface area contributed by atoms with Crippen LogP contribution in [-0.2, 0) is 11.3 Å². The Balaban J connectivity index is 2.68. The Morgan fingerprint density at radius 3 is 2.68 bits per heavy atom. The molecule has 0 saturated carbocycles. The molecule has 0 atom stereocenters. The van der Waals surface area contributed by atoms with Gasteiger partial charge < -0.3 is 20.1 Å². The third-order valence-corrected chi connectivity index (χ3v) is 2.42. The van der Waals surface area contributed by atoms with Crippen molar-refractivity contribution in [3.8, 4) is 0 Å². The Bertz CT molecular complexity index is 464. The summed E-state index contributed by atoms with van der Waals surface area (Å²) in [4.78, 5) is 23.3. The first-order valence-corrected chi connectivity index (χ1v) is 5.91. The Kier molecular flexibility index (Phi) is 4.60. The van der Waals surface area contributed by atoms with Crippen LogP contribution in [0.25, 0.3) is 0 Å². The van der Waals surface area contributed by atoms with Gasteiger partial charge in [0.1, 0.15) is 6.54 Å². The highest BCUT2D eigenvalue weighted by Gasteiger charge is 2.22. The second-order valence-corrected chi connectivity index (χ2v) is 4.85. The van der Waals surface area contributed by atoms with Gasteiger partial charge in [-0.05, 0) is 25.7 Å². The van der Waals surface area contributed by atoms with Crippen LogP contribution in [0, 0.1) is 10.1 Å². The van der Waals surface area contributed by atoms with E-state index >= 15 is 0 Å². The van der Waals surface area contributed by atoms with Crippen molar-refractivity contribution in [3.63, 3.8) is 0 Å². The Labute approximate surface area is 110 Å². The molecule has 0 bridgehead atoms. The van der Waals surface area contributed by atoms with Crippen LogP contribution in [0.5, 0.6) is 0 Å². The topological polar surface area (TPSA) is 102 Å². The molecule has 106 valence electrons. The van der Waals surface area contributed by atoms with Gasteiger partial charge in [-0.2, -0.15) is 4.68 Å². The van der Waals surface area contributed by atoms with Gasteiger partial charge >= 0.3 is 5.82 Å². The Morgan fingerprint density at radius 2 is 2.26 bits per heavy atom. The molecule has 8 nitrogen and oxygen atoms in total. The van der Waals surface area contributed by atoms with E-state index in [9.17, 15) is 20.0 Å².